The van der Waals surface area contributed by atoms with Gasteiger partial charge in [0.15, 0.2) is 16.6 Å². The summed E-state index contributed by atoms with van der Waals surface area (Å²) >= 11 is 0. The smallest absolute Gasteiger partial charge is 0.193 e. The molecule has 0 radical (unpaired) electrons. The first-order chi connectivity index (χ1) is 13.0. The Morgan fingerprint density at radius 3 is 1.60 bits per heavy atom. The normalized spacial score (nSPS) is 15.8. The molecule has 0 heterocycles. The largest absolute Gasteiger partial charge is 0.413 e. The lowest BCUT2D eigenvalue weighted by molar-refractivity contribution is 0.109. The molecular weight excluding hydrogens is 417 g/mol. The van der Waals surface area contributed by atoms with Crippen LogP contribution in [0.2, 0.25) is 55.9 Å². The standard InChI is InChI=1S/C25H52O2Si3/c1-23(2,3)29(12,13)26-20-17-16-19-25(7,8)22(18-21-28(9,10)11)27-30(14,15)24(4,5)6/h16-17,22H,19-20H2,1-15H3/b17-16+. The fraction of sp³-hybridized carbons (Fsp3) is 0.840. The van der Waals surface area contributed by atoms with Gasteiger partial charge in [-0.2, -0.15) is 0 Å². The molecule has 0 aliphatic heterocycles. The molecule has 0 bridgehead atoms. The zero-order chi connectivity index (χ0) is 24.2. The van der Waals surface area contributed by atoms with E-state index in [1.807, 2.05) is 0 Å². The zero-order valence-electron chi connectivity index (χ0n) is 23.0. The summed E-state index contributed by atoms with van der Waals surface area (Å²) < 4.78 is 13.1. The number of rotatable bonds is 8. The van der Waals surface area contributed by atoms with Gasteiger partial charge < -0.3 is 8.85 Å². The van der Waals surface area contributed by atoms with Crippen molar-refractivity contribution in [3.8, 4) is 11.5 Å². The minimum Gasteiger partial charge on any atom is -0.413 e. The quantitative estimate of drug-likeness (QED) is 0.203. The number of allylic oxidation sites excluding steroid dienone is 1. The fourth-order valence-electron chi connectivity index (χ4n) is 2.17. The van der Waals surface area contributed by atoms with Crippen LogP contribution in [-0.2, 0) is 8.85 Å². The summed E-state index contributed by atoms with van der Waals surface area (Å²) in [4.78, 5) is 0. The van der Waals surface area contributed by atoms with Crippen LogP contribution in [0.15, 0.2) is 12.2 Å². The monoisotopic (exact) mass is 468 g/mol. The van der Waals surface area contributed by atoms with Crippen molar-refractivity contribution in [2.45, 2.75) is 124 Å². The first-order valence-electron chi connectivity index (χ1n) is 11.5. The Morgan fingerprint density at radius 1 is 0.733 bits per heavy atom. The van der Waals surface area contributed by atoms with Gasteiger partial charge in [-0.15, -0.1) is 5.54 Å². The maximum absolute atomic E-state index is 6.85. The van der Waals surface area contributed by atoms with Crippen molar-refractivity contribution >= 4 is 24.7 Å². The lowest BCUT2D eigenvalue weighted by Gasteiger charge is -2.42. The molecule has 0 aliphatic carbocycles. The number of hydrogen-bond donors (Lipinski definition) is 0. The van der Waals surface area contributed by atoms with Crippen LogP contribution < -0.4 is 0 Å². The van der Waals surface area contributed by atoms with Crippen LogP contribution in [0.4, 0.5) is 0 Å². The van der Waals surface area contributed by atoms with Crippen LogP contribution in [0, 0.1) is 16.9 Å². The van der Waals surface area contributed by atoms with Gasteiger partial charge in [0.25, 0.3) is 0 Å². The van der Waals surface area contributed by atoms with Gasteiger partial charge in [0, 0.05) is 5.41 Å². The molecule has 2 nitrogen and oxygen atoms in total. The van der Waals surface area contributed by atoms with Gasteiger partial charge in [-0.05, 0) is 42.7 Å². The molecule has 1 unspecified atom stereocenters. The Labute approximate surface area is 192 Å². The van der Waals surface area contributed by atoms with Crippen LogP contribution in [0.1, 0.15) is 61.8 Å². The SMILES string of the molecule is CC(C)(C/C=C/CO[Si](C)(C)C(C)(C)C)C(C#C[Si](C)(C)C)O[Si](C)(C)C(C)(C)C. The molecule has 0 amide bonds. The van der Waals surface area contributed by atoms with Crippen molar-refractivity contribution < 1.29 is 8.85 Å². The van der Waals surface area contributed by atoms with Crippen LogP contribution >= 0.6 is 0 Å². The zero-order valence-corrected chi connectivity index (χ0v) is 26.0. The molecule has 0 fully saturated rings. The lowest BCUT2D eigenvalue weighted by atomic mass is 9.83. The highest BCUT2D eigenvalue weighted by Crippen LogP contribution is 2.40. The second kappa shape index (κ2) is 10.2. The van der Waals surface area contributed by atoms with E-state index in [-0.39, 0.29) is 21.6 Å². The molecular formula is C25H52O2Si3. The van der Waals surface area contributed by atoms with E-state index in [4.69, 9.17) is 8.85 Å². The van der Waals surface area contributed by atoms with Crippen LogP contribution in [0.3, 0.4) is 0 Å². The molecule has 30 heavy (non-hydrogen) atoms. The molecule has 0 N–H and O–H groups in total. The van der Waals surface area contributed by atoms with Crippen molar-refractivity contribution in [3.05, 3.63) is 12.2 Å². The maximum atomic E-state index is 6.85. The third-order valence-electron chi connectivity index (χ3n) is 6.66. The van der Waals surface area contributed by atoms with Gasteiger partial charge in [-0.1, -0.05) is 93.1 Å². The lowest BCUT2D eigenvalue weighted by Crippen LogP contribution is -2.47. The first kappa shape index (κ1) is 29.9. The number of hydrogen-bond acceptors (Lipinski definition) is 2. The highest BCUT2D eigenvalue weighted by atomic mass is 28.4. The van der Waals surface area contributed by atoms with E-state index in [1.54, 1.807) is 0 Å². The third kappa shape index (κ3) is 9.99. The maximum Gasteiger partial charge on any atom is 0.193 e. The molecule has 0 spiro atoms. The fourth-order valence-corrected chi connectivity index (χ4v) is 5.00. The van der Waals surface area contributed by atoms with Crippen LogP contribution in [0.5, 0.6) is 0 Å². The van der Waals surface area contributed by atoms with Crippen molar-refractivity contribution in [2.75, 3.05) is 6.61 Å². The predicted molar refractivity (Wildman–Crippen MR) is 144 cm³/mol. The van der Waals surface area contributed by atoms with Crippen molar-refractivity contribution in [1.82, 2.24) is 0 Å². The van der Waals surface area contributed by atoms with Gasteiger partial charge in [0.2, 0.25) is 0 Å². The minimum absolute atomic E-state index is 0.0453. The van der Waals surface area contributed by atoms with E-state index in [2.05, 4.69) is 125 Å². The Morgan fingerprint density at radius 2 is 1.20 bits per heavy atom. The van der Waals surface area contributed by atoms with Crippen molar-refractivity contribution in [3.63, 3.8) is 0 Å². The topological polar surface area (TPSA) is 18.5 Å². The Kier molecular flexibility index (Phi) is 10.2. The van der Waals surface area contributed by atoms with E-state index in [9.17, 15) is 0 Å². The molecule has 0 aromatic heterocycles. The van der Waals surface area contributed by atoms with E-state index in [0.29, 0.717) is 6.61 Å². The van der Waals surface area contributed by atoms with Crippen LogP contribution in [0.25, 0.3) is 0 Å². The molecule has 0 aromatic rings. The predicted octanol–water partition coefficient (Wildman–Crippen LogP) is 8.25. The summed E-state index contributed by atoms with van der Waals surface area (Å²) in [6, 6.07) is 0. The highest BCUT2D eigenvalue weighted by molar-refractivity contribution is 6.83. The summed E-state index contributed by atoms with van der Waals surface area (Å²) in [6.45, 7) is 35.2. The van der Waals surface area contributed by atoms with Crippen LogP contribution in [-0.4, -0.2) is 37.4 Å². The van der Waals surface area contributed by atoms with Gasteiger partial charge in [-0.25, -0.2) is 0 Å². The molecule has 1 atom stereocenters. The third-order valence-corrected chi connectivity index (χ3v) is 16.5. The van der Waals surface area contributed by atoms with Gasteiger partial charge in [0.1, 0.15) is 14.2 Å². The second-order valence-corrected chi connectivity index (χ2v) is 27.8. The average Bonchev–Trinajstić information content (AvgIpc) is 2.47. The molecule has 0 aromatic carbocycles. The van der Waals surface area contributed by atoms with E-state index in [0.717, 1.165) is 6.42 Å². The Hall–Kier alpha value is -0.129. The van der Waals surface area contributed by atoms with Gasteiger partial charge in [0.05, 0.1) is 6.61 Å². The Bertz CT molecular complexity index is 631. The summed E-state index contributed by atoms with van der Waals surface area (Å²) in [5.74, 6) is 3.58. The summed E-state index contributed by atoms with van der Waals surface area (Å²) in [6.07, 6.45) is 5.35. The summed E-state index contributed by atoms with van der Waals surface area (Å²) in [7, 11) is -5.06. The average molecular weight is 469 g/mol. The Balaban J connectivity index is 5.41. The highest BCUT2D eigenvalue weighted by Gasteiger charge is 2.42. The summed E-state index contributed by atoms with van der Waals surface area (Å²) in [5, 5.41) is 0.420. The van der Waals surface area contributed by atoms with E-state index >= 15 is 0 Å². The molecule has 176 valence electrons. The van der Waals surface area contributed by atoms with E-state index in [1.165, 1.54) is 0 Å². The molecule has 0 rings (SSSR count). The molecule has 5 heteroatoms. The van der Waals surface area contributed by atoms with E-state index < -0.39 is 24.7 Å². The first-order valence-corrected chi connectivity index (χ1v) is 20.8. The minimum atomic E-state index is -1.90. The van der Waals surface area contributed by atoms with Crippen molar-refractivity contribution in [1.29, 1.82) is 0 Å². The molecule has 0 saturated heterocycles. The molecule has 0 saturated carbocycles. The second-order valence-electron chi connectivity index (χ2n) is 13.5. The van der Waals surface area contributed by atoms with Crippen molar-refractivity contribution in [2.24, 2.45) is 5.41 Å². The summed E-state index contributed by atoms with van der Waals surface area (Å²) in [5.41, 5.74) is 3.54. The molecule has 0 aliphatic rings. The van der Waals surface area contributed by atoms with Gasteiger partial charge in [-0.3, -0.25) is 0 Å². The van der Waals surface area contributed by atoms with Gasteiger partial charge >= 0.3 is 0 Å².